The van der Waals surface area contributed by atoms with Gasteiger partial charge in [-0.25, -0.2) is 9.37 Å². The number of fused-ring (bicyclic) bond motifs is 1. The average Bonchev–Trinajstić information content (AvgIpc) is 2.61. The number of alkyl halides is 3. The molecule has 2 heterocycles. The zero-order valence-electron chi connectivity index (χ0n) is 14.3. The van der Waals surface area contributed by atoms with Crippen LogP contribution in [0.4, 0.5) is 13.2 Å². The number of halogens is 4. The Labute approximate surface area is 158 Å². The number of carbonyl (C=O) groups is 1. The zero-order chi connectivity index (χ0) is 19.6. The van der Waals surface area contributed by atoms with Gasteiger partial charge in [-0.15, -0.1) is 0 Å². The number of hydrogen-bond acceptors (Lipinski definition) is 4. The van der Waals surface area contributed by atoms with Gasteiger partial charge >= 0.3 is 0 Å². The fourth-order valence-electron chi connectivity index (χ4n) is 2.86. The topological polar surface area (TPSA) is 60.5 Å². The van der Waals surface area contributed by atoms with Crippen LogP contribution in [0.25, 0.3) is 0 Å². The molecule has 0 aliphatic carbocycles. The zero-order valence-corrected chi connectivity index (χ0v) is 15.0. The summed E-state index contributed by atoms with van der Waals surface area (Å²) in [5.41, 5.74) is 0.759. The normalized spacial score (nSPS) is 16.3. The minimum Gasteiger partial charge on any atom is -0.446 e. The van der Waals surface area contributed by atoms with E-state index < -0.39 is 31.3 Å². The molecule has 1 atom stereocenters. The maximum absolute atomic E-state index is 13.8. The van der Waals surface area contributed by atoms with Crippen molar-refractivity contribution in [2.45, 2.75) is 25.5 Å². The van der Waals surface area contributed by atoms with Crippen LogP contribution < -0.4 is 10.1 Å². The summed E-state index contributed by atoms with van der Waals surface area (Å²) in [5.74, 6) is -3.60. The second-order valence-corrected chi connectivity index (χ2v) is 6.43. The molecule has 1 aromatic heterocycles. The minimum atomic E-state index is -3.08. The number of ether oxygens (including phenoxy) is 2. The fraction of sp³-hybridized carbons (Fsp3) is 0.333. The van der Waals surface area contributed by atoms with Crippen LogP contribution in [0.15, 0.2) is 30.3 Å². The van der Waals surface area contributed by atoms with Gasteiger partial charge in [0.25, 0.3) is 11.8 Å². The molecule has 1 N–H and O–H groups in total. The molecule has 3 rings (SSSR count). The highest BCUT2D eigenvalue weighted by molar-refractivity contribution is 6.29. The first kappa shape index (κ1) is 19.4. The second kappa shape index (κ2) is 7.74. The summed E-state index contributed by atoms with van der Waals surface area (Å²) in [5, 5.41) is 2.83. The molecule has 0 saturated carbocycles. The van der Waals surface area contributed by atoms with Crippen molar-refractivity contribution in [2.24, 2.45) is 0 Å². The van der Waals surface area contributed by atoms with Gasteiger partial charge in [0.2, 0.25) is 12.7 Å². The fourth-order valence-corrected chi connectivity index (χ4v) is 3.00. The summed E-state index contributed by atoms with van der Waals surface area (Å²) in [6, 6.07) is 6.41. The molecule has 0 bridgehead atoms. The average molecular weight is 401 g/mol. The van der Waals surface area contributed by atoms with Crippen molar-refractivity contribution in [3.63, 3.8) is 0 Å². The van der Waals surface area contributed by atoms with Crippen LogP contribution in [0.2, 0.25) is 5.15 Å². The number of amides is 1. The minimum absolute atomic E-state index is 0.0111. The van der Waals surface area contributed by atoms with Crippen LogP contribution in [0, 0.1) is 0 Å². The van der Waals surface area contributed by atoms with Crippen molar-refractivity contribution >= 4 is 17.5 Å². The summed E-state index contributed by atoms with van der Waals surface area (Å²) in [7, 11) is 0. The Balaban J connectivity index is 1.80. The van der Waals surface area contributed by atoms with E-state index in [2.05, 4.69) is 10.3 Å². The predicted molar refractivity (Wildman–Crippen MR) is 91.7 cm³/mol. The number of nitrogens with zero attached hydrogens (tertiary/aromatic N) is 1. The van der Waals surface area contributed by atoms with Crippen molar-refractivity contribution in [1.82, 2.24) is 10.3 Å². The lowest BCUT2D eigenvalue weighted by molar-refractivity contribution is -0.103. The molecule has 9 heteroatoms. The molecule has 1 aliphatic heterocycles. The van der Waals surface area contributed by atoms with Gasteiger partial charge in [0.05, 0.1) is 12.6 Å². The number of nitrogens with one attached hydrogen (secondary N) is 1. The lowest BCUT2D eigenvalue weighted by atomic mass is 9.97. The molecule has 1 amide bonds. The number of aromatic nitrogens is 1. The van der Waals surface area contributed by atoms with E-state index in [1.165, 1.54) is 24.3 Å². The highest BCUT2D eigenvalue weighted by atomic mass is 35.5. The molecule has 27 heavy (non-hydrogen) atoms. The van der Waals surface area contributed by atoms with Gasteiger partial charge in [-0.1, -0.05) is 17.7 Å². The summed E-state index contributed by atoms with van der Waals surface area (Å²) < 4.78 is 49.9. The third-order valence-electron chi connectivity index (χ3n) is 4.16. The van der Waals surface area contributed by atoms with Crippen LogP contribution in [0.3, 0.4) is 0 Å². The molecule has 0 saturated heterocycles. The predicted octanol–water partition coefficient (Wildman–Crippen LogP) is 4.15. The quantitative estimate of drug-likeness (QED) is 0.766. The third-order valence-corrected chi connectivity index (χ3v) is 4.37. The first-order chi connectivity index (χ1) is 12.8. The van der Waals surface area contributed by atoms with E-state index in [9.17, 15) is 18.0 Å². The summed E-state index contributed by atoms with van der Waals surface area (Å²) in [6.07, 6.45) is 0. The molecule has 2 aromatic rings. The van der Waals surface area contributed by atoms with Crippen molar-refractivity contribution in [3.8, 4) is 5.88 Å². The van der Waals surface area contributed by atoms with Crippen molar-refractivity contribution < 1.29 is 27.4 Å². The van der Waals surface area contributed by atoms with Gasteiger partial charge in [-0.3, -0.25) is 4.79 Å². The van der Waals surface area contributed by atoms with Crippen molar-refractivity contribution in [2.75, 3.05) is 13.5 Å². The van der Waals surface area contributed by atoms with E-state index in [1.807, 2.05) is 0 Å². The largest absolute Gasteiger partial charge is 0.446 e. The van der Waals surface area contributed by atoms with Gasteiger partial charge < -0.3 is 14.8 Å². The maximum Gasteiger partial charge on any atom is 0.296 e. The van der Waals surface area contributed by atoms with Crippen LogP contribution >= 0.6 is 11.6 Å². The number of rotatable bonds is 5. The Hall–Kier alpha value is -2.32. The Kier molecular flexibility index (Phi) is 5.57. The van der Waals surface area contributed by atoms with E-state index >= 15 is 0 Å². The molecule has 5 nitrogen and oxygen atoms in total. The first-order valence-corrected chi connectivity index (χ1v) is 8.44. The highest BCUT2D eigenvalue weighted by Crippen LogP contribution is 2.35. The summed E-state index contributed by atoms with van der Waals surface area (Å²) >= 11 is 5.78. The summed E-state index contributed by atoms with van der Waals surface area (Å²) in [4.78, 5) is 16.4. The Morgan fingerprint density at radius 2 is 2.19 bits per heavy atom. The number of hydrogen-bond donors (Lipinski definition) is 1. The smallest absolute Gasteiger partial charge is 0.296 e. The Bertz CT molecular complexity index is 864. The Morgan fingerprint density at radius 1 is 1.41 bits per heavy atom. The van der Waals surface area contributed by atoms with Crippen LogP contribution in [-0.2, 0) is 17.3 Å². The second-order valence-electron chi connectivity index (χ2n) is 6.05. The maximum atomic E-state index is 13.8. The van der Waals surface area contributed by atoms with Crippen LogP contribution in [0.5, 0.6) is 5.88 Å². The third kappa shape index (κ3) is 4.17. The molecule has 0 radical (unpaired) electrons. The molecule has 144 valence electrons. The van der Waals surface area contributed by atoms with Crippen molar-refractivity contribution in [3.05, 3.63) is 57.7 Å². The number of benzene rings is 1. The first-order valence-electron chi connectivity index (χ1n) is 8.07. The van der Waals surface area contributed by atoms with Gasteiger partial charge in [-0.2, -0.15) is 8.78 Å². The van der Waals surface area contributed by atoms with Gasteiger partial charge in [0, 0.05) is 16.7 Å². The SMILES string of the molecule is C[C@H](NC(=O)c1ccc2c(c1)COCC2(F)F)c1ccc(Cl)nc1OCF. The van der Waals surface area contributed by atoms with E-state index in [-0.39, 0.29) is 34.3 Å². The standard InChI is InChI=1S/C18H16ClF3N2O3/c1-10(13-3-5-15(19)24-17(13)27-9-20)23-16(25)11-2-4-14-12(6-11)7-26-8-18(14,21)22/h2-6,10H,7-9H2,1H3,(H,23,25)/t10-/m0/s1. The number of carbonyl (C=O) groups excluding carboxylic acids is 1. The van der Waals surface area contributed by atoms with Gasteiger partial charge in [0.15, 0.2) is 0 Å². The van der Waals surface area contributed by atoms with Gasteiger partial charge in [0.1, 0.15) is 11.8 Å². The van der Waals surface area contributed by atoms with Crippen LogP contribution in [-0.4, -0.2) is 24.4 Å². The molecule has 0 fully saturated rings. The van der Waals surface area contributed by atoms with E-state index in [0.717, 1.165) is 0 Å². The van der Waals surface area contributed by atoms with E-state index in [4.69, 9.17) is 21.1 Å². The molecule has 1 aromatic carbocycles. The van der Waals surface area contributed by atoms with E-state index in [0.29, 0.717) is 5.56 Å². The highest BCUT2D eigenvalue weighted by Gasteiger charge is 2.37. The molecular formula is C18H16ClF3N2O3. The molecular weight excluding hydrogens is 385 g/mol. The molecule has 1 aliphatic rings. The van der Waals surface area contributed by atoms with E-state index in [1.54, 1.807) is 13.0 Å². The molecule has 0 spiro atoms. The van der Waals surface area contributed by atoms with Crippen LogP contribution in [0.1, 0.15) is 40.0 Å². The summed E-state index contributed by atoms with van der Waals surface area (Å²) in [6.45, 7) is -0.107. The lowest BCUT2D eigenvalue weighted by Gasteiger charge is -2.25. The van der Waals surface area contributed by atoms with Gasteiger partial charge in [-0.05, 0) is 36.8 Å². The molecule has 0 unspecified atom stereocenters. The lowest BCUT2D eigenvalue weighted by Crippen LogP contribution is -2.30. The monoisotopic (exact) mass is 400 g/mol. The Morgan fingerprint density at radius 3 is 2.93 bits per heavy atom. The number of pyridine rings is 1. The van der Waals surface area contributed by atoms with Crippen molar-refractivity contribution in [1.29, 1.82) is 0 Å².